The van der Waals surface area contributed by atoms with Crippen molar-refractivity contribution in [3.63, 3.8) is 0 Å². The Morgan fingerprint density at radius 2 is 1.90 bits per heavy atom. The molecule has 0 radical (unpaired) electrons. The maximum atomic E-state index is 10.6. The summed E-state index contributed by atoms with van der Waals surface area (Å²) in [6.07, 6.45) is 2.50. The second-order valence-corrected chi connectivity index (χ2v) is 7.12. The number of nitrogens with zero attached hydrogens (tertiary/aromatic N) is 2. The Labute approximate surface area is 178 Å². The summed E-state index contributed by atoms with van der Waals surface area (Å²) in [7, 11) is 3.18. The van der Waals surface area contributed by atoms with Crippen LogP contribution in [0.2, 0.25) is 0 Å². The van der Waals surface area contributed by atoms with Crippen LogP contribution in [0.25, 0.3) is 5.57 Å². The third-order valence-corrected chi connectivity index (χ3v) is 5.19. The summed E-state index contributed by atoms with van der Waals surface area (Å²) in [4.78, 5) is 6.91. The highest BCUT2D eigenvalue weighted by Gasteiger charge is 2.17. The van der Waals surface area contributed by atoms with Gasteiger partial charge in [-0.05, 0) is 42.2 Å². The molecule has 2 aromatic carbocycles. The van der Waals surface area contributed by atoms with Crippen molar-refractivity contribution in [1.29, 1.82) is 0 Å². The van der Waals surface area contributed by atoms with Gasteiger partial charge in [0.15, 0.2) is 17.5 Å². The molecule has 6 nitrogen and oxygen atoms in total. The van der Waals surface area contributed by atoms with Crippen molar-refractivity contribution >= 4 is 11.5 Å². The van der Waals surface area contributed by atoms with Gasteiger partial charge in [-0.2, -0.15) is 0 Å². The first kappa shape index (κ1) is 21.7. The molecule has 2 N–H and O–H groups in total. The molecule has 1 unspecified atom stereocenters. The Hall–Kier alpha value is -2.99. The standard InChI is InChI=1S/C24H31N3O3/c1-4-25-24(27-14-12-19(13-15-27)18-8-6-5-7-9-18)26-17-21(28)20-10-11-22(29-2)23(16-20)30-3/h5-12,16,21,28H,4,13-15,17H2,1-3H3,(H,25,26). The van der Waals surface area contributed by atoms with Gasteiger partial charge in [0.2, 0.25) is 0 Å². The van der Waals surface area contributed by atoms with E-state index in [1.54, 1.807) is 26.4 Å². The first-order chi connectivity index (χ1) is 14.7. The molecular weight excluding hydrogens is 378 g/mol. The van der Waals surface area contributed by atoms with E-state index in [-0.39, 0.29) is 6.54 Å². The van der Waals surface area contributed by atoms with Crippen molar-refractivity contribution in [3.8, 4) is 11.5 Å². The molecule has 0 aliphatic carbocycles. The second kappa shape index (κ2) is 10.7. The number of ether oxygens (including phenoxy) is 2. The Morgan fingerprint density at radius 1 is 1.13 bits per heavy atom. The van der Waals surface area contributed by atoms with E-state index in [4.69, 9.17) is 9.47 Å². The molecule has 1 aliphatic rings. The van der Waals surface area contributed by atoms with Crippen LogP contribution in [-0.4, -0.2) is 56.4 Å². The molecule has 1 heterocycles. The quantitative estimate of drug-likeness (QED) is 0.541. The third-order valence-electron chi connectivity index (χ3n) is 5.19. The van der Waals surface area contributed by atoms with Gasteiger partial charge in [0.05, 0.1) is 26.9 Å². The van der Waals surface area contributed by atoms with Crippen LogP contribution in [0.5, 0.6) is 11.5 Å². The van der Waals surface area contributed by atoms with E-state index in [0.29, 0.717) is 11.5 Å². The van der Waals surface area contributed by atoms with Crippen molar-refractivity contribution in [2.45, 2.75) is 19.4 Å². The van der Waals surface area contributed by atoms with Gasteiger partial charge >= 0.3 is 0 Å². The largest absolute Gasteiger partial charge is 0.493 e. The fraction of sp³-hybridized carbons (Fsp3) is 0.375. The van der Waals surface area contributed by atoms with Gasteiger partial charge in [0.25, 0.3) is 0 Å². The molecule has 0 spiro atoms. The number of methoxy groups -OCH3 is 2. The summed E-state index contributed by atoms with van der Waals surface area (Å²) >= 11 is 0. The van der Waals surface area contributed by atoms with Gasteiger partial charge in [0.1, 0.15) is 0 Å². The summed E-state index contributed by atoms with van der Waals surface area (Å²) in [5, 5.41) is 14.0. The van der Waals surface area contributed by atoms with Gasteiger partial charge in [-0.1, -0.05) is 42.5 Å². The number of guanidine groups is 1. The van der Waals surface area contributed by atoms with Crippen LogP contribution in [0.1, 0.15) is 30.6 Å². The van der Waals surface area contributed by atoms with Gasteiger partial charge in [-0.3, -0.25) is 4.99 Å². The molecule has 0 amide bonds. The summed E-state index contributed by atoms with van der Waals surface area (Å²) < 4.78 is 10.6. The fourth-order valence-corrected chi connectivity index (χ4v) is 3.54. The van der Waals surface area contributed by atoms with E-state index >= 15 is 0 Å². The van der Waals surface area contributed by atoms with Crippen LogP contribution in [0.15, 0.2) is 59.6 Å². The van der Waals surface area contributed by atoms with Crippen molar-refractivity contribution in [3.05, 3.63) is 65.7 Å². The number of aliphatic imine (C=N–C) groups is 1. The van der Waals surface area contributed by atoms with E-state index in [1.807, 2.05) is 12.1 Å². The van der Waals surface area contributed by atoms with Crippen molar-refractivity contribution in [2.24, 2.45) is 4.99 Å². The van der Waals surface area contributed by atoms with E-state index in [0.717, 1.165) is 37.6 Å². The molecule has 2 aromatic rings. The lowest BCUT2D eigenvalue weighted by Crippen LogP contribution is -2.43. The molecule has 0 saturated heterocycles. The molecule has 30 heavy (non-hydrogen) atoms. The highest BCUT2D eigenvalue weighted by molar-refractivity contribution is 5.81. The van der Waals surface area contributed by atoms with E-state index in [2.05, 4.69) is 52.5 Å². The summed E-state index contributed by atoms with van der Waals surface area (Å²) in [5.41, 5.74) is 3.40. The molecule has 0 saturated carbocycles. The Balaban J connectivity index is 1.68. The number of hydrogen-bond donors (Lipinski definition) is 2. The minimum absolute atomic E-state index is 0.267. The second-order valence-electron chi connectivity index (χ2n) is 7.12. The van der Waals surface area contributed by atoms with Crippen LogP contribution in [0.4, 0.5) is 0 Å². The van der Waals surface area contributed by atoms with Crippen LogP contribution in [0.3, 0.4) is 0 Å². The highest BCUT2D eigenvalue weighted by atomic mass is 16.5. The lowest BCUT2D eigenvalue weighted by atomic mass is 10.00. The first-order valence-electron chi connectivity index (χ1n) is 10.3. The Kier molecular flexibility index (Phi) is 7.74. The zero-order valence-corrected chi connectivity index (χ0v) is 18.0. The van der Waals surface area contributed by atoms with Crippen LogP contribution >= 0.6 is 0 Å². The maximum absolute atomic E-state index is 10.6. The van der Waals surface area contributed by atoms with Crippen molar-refractivity contribution in [1.82, 2.24) is 10.2 Å². The average molecular weight is 410 g/mol. The molecule has 1 aliphatic heterocycles. The van der Waals surface area contributed by atoms with Crippen LogP contribution in [0, 0.1) is 0 Å². The van der Waals surface area contributed by atoms with E-state index < -0.39 is 6.10 Å². The van der Waals surface area contributed by atoms with Crippen molar-refractivity contribution < 1.29 is 14.6 Å². The van der Waals surface area contributed by atoms with Gasteiger partial charge in [0, 0.05) is 19.6 Å². The number of nitrogens with one attached hydrogen (secondary N) is 1. The molecule has 160 valence electrons. The van der Waals surface area contributed by atoms with E-state index in [9.17, 15) is 5.11 Å². The number of aliphatic hydroxyl groups is 1. The first-order valence-corrected chi connectivity index (χ1v) is 10.3. The predicted octanol–water partition coefficient (Wildman–Crippen LogP) is 3.49. The average Bonchev–Trinajstić information content (AvgIpc) is 2.81. The smallest absolute Gasteiger partial charge is 0.194 e. The fourth-order valence-electron chi connectivity index (χ4n) is 3.54. The molecule has 0 aromatic heterocycles. The SMILES string of the molecule is CCNC(=NCC(O)c1ccc(OC)c(OC)c1)N1CC=C(c2ccccc2)CC1. The highest BCUT2D eigenvalue weighted by Crippen LogP contribution is 2.30. The lowest BCUT2D eigenvalue weighted by Gasteiger charge is -2.30. The van der Waals surface area contributed by atoms with E-state index in [1.165, 1.54) is 11.1 Å². The normalized spacial score (nSPS) is 15.4. The molecule has 3 rings (SSSR count). The summed E-state index contributed by atoms with van der Waals surface area (Å²) in [5.74, 6) is 2.06. The predicted molar refractivity (Wildman–Crippen MR) is 121 cm³/mol. The monoisotopic (exact) mass is 409 g/mol. The molecular formula is C24H31N3O3. The van der Waals surface area contributed by atoms with Gasteiger partial charge in [-0.15, -0.1) is 0 Å². The zero-order chi connectivity index (χ0) is 21.3. The number of hydrogen-bond acceptors (Lipinski definition) is 4. The van der Waals surface area contributed by atoms with Gasteiger partial charge in [-0.25, -0.2) is 0 Å². The molecule has 1 atom stereocenters. The summed E-state index contributed by atoms with van der Waals surface area (Å²) in [6, 6.07) is 15.9. The number of benzene rings is 2. The number of rotatable bonds is 7. The van der Waals surface area contributed by atoms with Gasteiger partial charge < -0.3 is 24.8 Å². The maximum Gasteiger partial charge on any atom is 0.194 e. The minimum atomic E-state index is -0.723. The van der Waals surface area contributed by atoms with Crippen molar-refractivity contribution in [2.75, 3.05) is 40.4 Å². The zero-order valence-electron chi connectivity index (χ0n) is 18.0. The number of aliphatic hydroxyl groups excluding tert-OH is 1. The third kappa shape index (κ3) is 5.33. The topological polar surface area (TPSA) is 66.3 Å². The minimum Gasteiger partial charge on any atom is -0.493 e. The summed E-state index contributed by atoms with van der Waals surface area (Å²) in [6.45, 7) is 4.78. The molecule has 0 bridgehead atoms. The van der Waals surface area contributed by atoms with Crippen LogP contribution in [-0.2, 0) is 0 Å². The van der Waals surface area contributed by atoms with Crippen LogP contribution < -0.4 is 14.8 Å². The lowest BCUT2D eigenvalue weighted by molar-refractivity contribution is 0.186. The molecule has 6 heteroatoms. The molecule has 0 fully saturated rings. The Morgan fingerprint density at radius 3 is 2.53 bits per heavy atom. The Bertz CT molecular complexity index is 881.